The summed E-state index contributed by atoms with van der Waals surface area (Å²) in [6, 6.07) is 13.7. The van der Waals surface area contributed by atoms with Gasteiger partial charge in [0.15, 0.2) is 0 Å². The fraction of sp³-hybridized carbons (Fsp3) is 0.333. The Kier molecular flexibility index (Phi) is 6.57. The standard InChI is InChI=1S/C27H31N7O/c1-19-8-6-13-28-23(19)16-32-27(33-17-24-20(2)9-7-14-29-24)12-3-4-15-34(27)26(35)21-10-5-11-22-25(21)31-18-30-22/h5-11,13-14,18,32-33H,3-4,12,15-17H2,1-2H3,(H,30,31). The monoisotopic (exact) mass is 469 g/mol. The molecule has 1 fully saturated rings. The maximum absolute atomic E-state index is 14.0. The summed E-state index contributed by atoms with van der Waals surface area (Å²) in [6.45, 7) is 5.84. The summed E-state index contributed by atoms with van der Waals surface area (Å²) < 4.78 is 0. The van der Waals surface area contributed by atoms with E-state index in [1.807, 2.05) is 47.6 Å². The minimum Gasteiger partial charge on any atom is -0.345 e. The number of imidazole rings is 1. The second-order valence-electron chi connectivity index (χ2n) is 9.12. The Morgan fingerprint density at radius 1 is 0.943 bits per heavy atom. The Hall–Kier alpha value is -3.62. The van der Waals surface area contributed by atoms with E-state index in [9.17, 15) is 4.79 Å². The van der Waals surface area contributed by atoms with Crippen LogP contribution in [0.2, 0.25) is 0 Å². The highest BCUT2D eigenvalue weighted by molar-refractivity contribution is 6.05. The molecule has 3 N–H and O–H groups in total. The van der Waals surface area contributed by atoms with Crippen molar-refractivity contribution in [2.75, 3.05) is 6.54 Å². The average Bonchev–Trinajstić information content (AvgIpc) is 3.37. The van der Waals surface area contributed by atoms with Crippen LogP contribution in [0, 0.1) is 13.8 Å². The molecule has 8 nitrogen and oxygen atoms in total. The number of aryl methyl sites for hydroxylation is 2. The van der Waals surface area contributed by atoms with Crippen molar-refractivity contribution < 1.29 is 4.79 Å². The first-order valence-corrected chi connectivity index (χ1v) is 12.1. The SMILES string of the molecule is Cc1cccnc1CNC1(NCc2ncccc2C)CCCCN1C(=O)c1cccc2[nH]cnc12. The van der Waals surface area contributed by atoms with Gasteiger partial charge in [-0.15, -0.1) is 0 Å². The smallest absolute Gasteiger partial charge is 0.258 e. The number of nitrogens with one attached hydrogen (secondary N) is 3. The number of carbonyl (C=O) groups excluding carboxylic acids is 1. The molecule has 4 aromatic rings. The highest BCUT2D eigenvalue weighted by atomic mass is 16.2. The lowest BCUT2D eigenvalue weighted by molar-refractivity contribution is -0.00538. The molecule has 0 bridgehead atoms. The maximum atomic E-state index is 14.0. The van der Waals surface area contributed by atoms with E-state index in [1.54, 1.807) is 6.33 Å². The van der Waals surface area contributed by atoms with E-state index in [0.29, 0.717) is 30.7 Å². The van der Waals surface area contributed by atoms with Crippen molar-refractivity contribution in [2.24, 2.45) is 0 Å². The van der Waals surface area contributed by atoms with Crippen LogP contribution in [-0.4, -0.2) is 43.1 Å². The van der Waals surface area contributed by atoms with Crippen molar-refractivity contribution in [3.8, 4) is 0 Å². The topological polar surface area (TPSA) is 98.8 Å². The van der Waals surface area contributed by atoms with Crippen LogP contribution < -0.4 is 10.6 Å². The number of nitrogens with zero attached hydrogens (tertiary/aromatic N) is 4. The molecular formula is C27H31N7O. The van der Waals surface area contributed by atoms with Gasteiger partial charge in [0.05, 0.1) is 28.8 Å². The highest BCUT2D eigenvalue weighted by Crippen LogP contribution is 2.28. The summed E-state index contributed by atoms with van der Waals surface area (Å²) in [7, 11) is 0. The third-order valence-corrected chi connectivity index (χ3v) is 6.89. The van der Waals surface area contributed by atoms with E-state index in [2.05, 4.69) is 56.5 Å². The molecule has 0 unspecified atom stereocenters. The van der Waals surface area contributed by atoms with Gasteiger partial charge in [0.2, 0.25) is 0 Å². The van der Waals surface area contributed by atoms with Crippen LogP contribution in [0.4, 0.5) is 0 Å². The number of benzene rings is 1. The molecule has 0 saturated carbocycles. The second-order valence-corrected chi connectivity index (χ2v) is 9.12. The number of carbonyl (C=O) groups is 1. The summed E-state index contributed by atoms with van der Waals surface area (Å²) in [6.07, 6.45) is 7.96. The Bertz CT molecular complexity index is 1280. The van der Waals surface area contributed by atoms with E-state index >= 15 is 0 Å². The van der Waals surface area contributed by atoms with Crippen LogP contribution in [0.15, 0.2) is 61.2 Å². The summed E-state index contributed by atoms with van der Waals surface area (Å²) in [5, 5.41) is 7.40. The third kappa shape index (κ3) is 4.67. The zero-order valence-electron chi connectivity index (χ0n) is 20.2. The van der Waals surface area contributed by atoms with Gasteiger partial charge in [0.25, 0.3) is 5.91 Å². The predicted octanol–water partition coefficient (Wildman–Crippen LogP) is 3.83. The highest BCUT2D eigenvalue weighted by Gasteiger charge is 2.42. The van der Waals surface area contributed by atoms with Gasteiger partial charge in [-0.1, -0.05) is 18.2 Å². The van der Waals surface area contributed by atoms with E-state index in [4.69, 9.17) is 0 Å². The summed E-state index contributed by atoms with van der Waals surface area (Å²) in [5.74, 6) is -0.792. The number of pyridine rings is 2. The number of aromatic nitrogens is 4. The minimum absolute atomic E-state index is 0.0436. The number of para-hydroxylation sites is 1. The van der Waals surface area contributed by atoms with Crippen LogP contribution in [0.5, 0.6) is 0 Å². The Balaban J connectivity index is 1.50. The number of H-pyrrole nitrogens is 1. The van der Waals surface area contributed by atoms with E-state index in [-0.39, 0.29) is 5.91 Å². The van der Waals surface area contributed by atoms with Gasteiger partial charge in [-0.05, 0) is 68.5 Å². The first kappa shape index (κ1) is 23.1. The lowest BCUT2D eigenvalue weighted by atomic mass is 9.99. The summed E-state index contributed by atoms with van der Waals surface area (Å²) in [5.41, 5.74) is 6.31. The molecular weight excluding hydrogens is 438 g/mol. The van der Waals surface area contributed by atoms with Crippen molar-refractivity contribution in [1.29, 1.82) is 0 Å². The van der Waals surface area contributed by atoms with Crippen molar-refractivity contribution in [1.82, 2.24) is 35.5 Å². The lowest BCUT2D eigenvalue weighted by Crippen LogP contribution is -2.70. The van der Waals surface area contributed by atoms with Crippen LogP contribution >= 0.6 is 0 Å². The largest absolute Gasteiger partial charge is 0.345 e. The molecule has 35 heavy (non-hydrogen) atoms. The number of fused-ring (bicyclic) bond motifs is 1. The van der Waals surface area contributed by atoms with E-state index in [0.717, 1.165) is 47.3 Å². The quantitative estimate of drug-likeness (QED) is 0.356. The minimum atomic E-state index is -0.748. The first-order valence-electron chi connectivity index (χ1n) is 12.1. The first-order chi connectivity index (χ1) is 17.1. The second kappa shape index (κ2) is 9.93. The van der Waals surface area contributed by atoms with Gasteiger partial charge in [-0.2, -0.15) is 0 Å². The molecule has 0 radical (unpaired) electrons. The maximum Gasteiger partial charge on any atom is 0.258 e. The number of hydrogen-bond acceptors (Lipinski definition) is 6. The Labute approximate surface area is 205 Å². The number of aromatic amines is 1. The average molecular weight is 470 g/mol. The molecule has 1 aliphatic rings. The summed E-state index contributed by atoms with van der Waals surface area (Å²) >= 11 is 0. The van der Waals surface area contributed by atoms with Crippen LogP contribution in [-0.2, 0) is 13.1 Å². The van der Waals surface area contributed by atoms with Gasteiger partial charge >= 0.3 is 0 Å². The molecule has 1 aliphatic heterocycles. The fourth-order valence-electron chi connectivity index (χ4n) is 4.83. The zero-order chi connectivity index (χ0) is 24.3. The fourth-order valence-corrected chi connectivity index (χ4v) is 4.83. The lowest BCUT2D eigenvalue weighted by Gasteiger charge is -2.48. The molecule has 4 heterocycles. The summed E-state index contributed by atoms with van der Waals surface area (Å²) in [4.78, 5) is 32.7. The van der Waals surface area contributed by atoms with Crippen molar-refractivity contribution in [2.45, 2.75) is 52.0 Å². The molecule has 0 atom stereocenters. The van der Waals surface area contributed by atoms with Gasteiger partial charge in [-0.25, -0.2) is 4.98 Å². The van der Waals surface area contributed by atoms with Crippen molar-refractivity contribution in [3.05, 3.63) is 89.3 Å². The van der Waals surface area contributed by atoms with Gasteiger partial charge in [0, 0.05) is 32.0 Å². The number of piperidine rings is 1. The number of amides is 1. The predicted molar refractivity (Wildman–Crippen MR) is 135 cm³/mol. The van der Waals surface area contributed by atoms with E-state index in [1.165, 1.54) is 0 Å². The van der Waals surface area contributed by atoms with Crippen molar-refractivity contribution in [3.63, 3.8) is 0 Å². The zero-order valence-corrected chi connectivity index (χ0v) is 20.2. The van der Waals surface area contributed by atoms with Crippen LogP contribution in [0.3, 0.4) is 0 Å². The van der Waals surface area contributed by atoms with Crippen LogP contribution in [0.25, 0.3) is 11.0 Å². The Morgan fingerprint density at radius 2 is 1.63 bits per heavy atom. The van der Waals surface area contributed by atoms with Gasteiger partial charge in [0.1, 0.15) is 11.3 Å². The van der Waals surface area contributed by atoms with Crippen molar-refractivity contribution >= 4 is 16.9 Å². The molecule has 0 aliphatic carbocycles. The molecule has 5 rings (SSSR count). The molecule has 1 saturated heterocycles. The van der Waals surface area contributed by atoms with Gasteiger partial charge < -0.3 is 9.88 Å². The molecule has 8 heteroatoms. The van der Waals surface area contributed by atoms with Crippen LogP contribution in [0.1, 0.15) is 52.1 Å². The number of rotatable bonds is 7. The molecule has 3 aromatic heterocycles. The van der Waals surface area contributed by atoms with Gasteiger partial charge in [-0.3, -0.25) is 25.4 Å². The van der Waals surface area contributed by atoms with E-state index < -0.39 is 5.79 Å². The molecule has 0 spiro atoms. The molecule has 180 valence electrons. The number of likely N-dealkylation sites (tertiary alicyclic amines) is 1. The number of hydrogen-bond donors (Lipinski definition) is 3. The molecule has 1 amide bonds. The normalized spacial score (nSPS) is 15.4. The third-order valence-electron chi connectivity index (χ3n) is 6.89. The molecule has 1 aromatic carbocycles. The Morgan fingerprint density at radius 3 is 2.29 bits per heavy atom.